The van der Waals surface area contributed by atoms with Crippen LogP contribution in [-0.2, 0) is 17.8 Å². The Labute approximate surface area is 216 Å². The highest BCUT2D eigenvalue weighted by molar-refractivity contribution is 6.42. The minimum absolute atomic E-state index is 0.0101. The summed E-state index contributed by atoms with van der Waals surface area (Å²) in [6, 6.07) is 19.9. The minimum atomic E-state index is -0.0194. The molecule has 0 aliphatic carbocycles. The molecule has 3 aromatic rings. The number of ether oxygens (including phenoxy) is 1. The number of nitrogens with zero attached hydrogens (tertiary/aromatic N) is 3. The summed E-state index contributed by atoms with van der Waals surface area (Å²) >= 11 is 12.4. The minimum Gasteiger partial charge on any atom is -0.483 e. The lowest BCUT2D eigenvalue weighted by Crippen LogP contribution is -2.43. The van der Waals surface area contributed by atoms with Gasteiger partial charge in [0, 0.05) is 50.5 Å². The predicted octanol–water partition coefficient (Wildman–Crippen LogP) is 5.38. The number of likely N-dealkylation sites (N-methyl/N-ethyl adjacent to an activating group) is 1. The number of para-hydroxylation sites is 1. The Balaban J connectivity index is 1.36. The molecule has 0 atom stereocenters. The van der Waals surface area contributed by atoms with Gasteiger partial charge in [0.1, 0.15) is 5.75 Å². The maximum absolute atomic E-state index is 13.0. The molecule has 0 unspecified atom stereocenters. The molecule has 2 aliphatic rings. The van der Waals surface area contributed by atoms with Crippen LogP contribution < -0.4 is 9.64 Å². The Hall–Kier alpha value is -2.57. The number of rotatable bonds is 6. The summed E-state index contributed by atoms with van der Waals surface area (Å²) < 4.78 is 6.15. The highest BCUT2D eigenvalue weighted by Gasteiger charge is 2.25. The largest absolute Gasteiger partial charge is 0.483 e. The number of amides is 1. The number of carbonyl (C=O) groups excluding carboxylic acids is 1. The number of benzene rings is 3. The predicted molar refractivity (Wildman–Crippen MR) is 143 cm³/mol. The molecule has 0 N–H and O–H groups in total. The second-order valence-corrected chi connectivity index (χ2v) is 10.1. The maximum atomic E-state index is 13.0. The molecule has 5 rings (SSSR count). The molecule has 7 heteroatoms. The van der Waals surface area contributed by atoms with Crippen molar-refractivity contribution in [2.75, 3.05) is 51.3 Å². The molecule has 1 saturated heterocycles. The number of hydrogen-bond acceptors (Lipinski definition) is 4. The first kappa shape index (κ1) is 24.1. The Bertz CT molecular complexity index is 1220. The summed E-state index contributed by atoms with van der Waals surface area (Å²) in [5, 5.41) is 1.07. The van der Waals surface area contributed by atoms with Gasteiger partial charge in [0.15, 0.2) is 6.61 Å². The van der Waals surface area contributed by atoms with Gasteiger partial charge in [0.25, 0.3) is 5.91 Å². The average molecular weight is 510 g/mol. The molecule has 0 saturated carbocycles. The third kappa shape index (κ3) is 5.49. The molecular formula is C28H29Cl2N3O2. The van der Waals surface area contributed by atoms with Gasteiger partial charge in [-0.15, -0.1) is 0 Å². The first-order chi connectivity index (χ1) is 17.0. The molecule has 3 aromatic carbocycles. The SMILES string of the molecule is CN1CCN(Cc2cc(-c3ccc(Cl)c(Cl)c3)ccc2OCC(=O)N2CCc3ccccc32)CC1. The van der Waals surface area contributed by atoms with Crippen molar-refractivity contribution in [2.45, 2.75) is 13.0 Å². The standard InChI is InChI=1S/C28H29Cl2N3O2/c1-31-12-14-32(15-13-31)18-23-16-21(22-6-8-24(29)25(30)17-22)7-9-27(23)35-19-28(34)33-11-10-20-4-2-3-5-26(20)33/h2-9,16-17H,10-15,18-19H2,1H3. The second-order valence-electron chi connectivity index (χ2n) is 9.24. The van der Waals surface area contributed by atoms with E-state index in [4.69, 9.17) is 27.9 Å². The Morgan fingerprint density at radius 3 is 2.43 bits per heavy atom. The van der Waals surface area contributed by atoms with Gasteiger partial charge in [0.05, 0.1) is 10.0 Å². The van der Waals surface area contributed by atoms with E-state index in [1.165, 1.54) is 5.56 Å². The Kier molecular flexibility index (Phi) is 7.30. The van der Waals surface area contributed by atoms with Crippen LogP contribution in [0.15, 0.2) is 60.7 Å². The number of anilines is 1. The Morgan fingerprint density at radius 1 is 0.886 bits per heavy atom. The zero-order valence-corrected chi connectivity index (χ0v) is 21.4. The summed E-state index contributed by atoms with van der Waals surface area (Å²) in [7, 11) is 2.15. The zero-order valence-electron chi connectivity index (χ0n) is 19.8. The van der Waals surface area contributed by atoms with Gasteiger partial charge in [-0.05, 0) is 60.5 Å². The number of halogens is 2. The molecule has 2 heterocycles. The van der Waals surface area contributed by atoms with Crippen LogP contribution in [0.4, 0.5) is 5.69 Å². The van der Waals surface area contributed by atoms with Crippen LogP contribution >= 0.6 is 23.2 Å². The second kappa shape index (κ2) is 10.6. The summed E-state index contributed by atoms with van der Waals surface area (Å²) in [4.78, 5) is 19.6. The third-order valence-electron chi connectivity index (χ3n) is 6.84. The third-order valence-corrected chi connectivity index (χ3v) is 7.58. The van der Waals surface area contributed by atoms with Crippen LogP contribution in [0, 0.1) is 0 Å². The summed E-state index contributed by atoms with van der Waals surface area (Å²) in [5.74, 6) is 0.725. The summed E-state index contributed by atoms with van der Waals surface area (Å²) in [6.45, 7) is 5.54. The fourth-order valence-corrected chi connectivity index (χ4v) is 5.06. The van der Waals surface area contributed by atoms with Crippen LogP contribution in [0.3, 0.4) is 0 Å². The fourth-order valence-electron chi connectivity index (χ4n) is 4.76. The van der Waals surface area contributed by atoms with Crippen molar-refractivity contribution in [1.29, 1.82) is 0 Å². The van der Waals surface area contributed by atoms with E-state index in [9.17, 15) is 4.79 Å². The van der Waals surface area contributed by atoms with Gasteiger partial charge in [-0.2, -0.15) is 0 Å². The van der Waals surface area contributed by atoms with Crippen molar-refractivity contribution < 1.29 is 9.53 Å². The molecule has 1 fully saturated rings. The smallest absolute Gasteiger partial charge is 0.264 e. The first-order valence-corrected chi connectivity index (χ1v) is 12.7. The van der Waals surface area contributed by atoms with Crippen molar-refractivity contribution in [3.05, 3.63) is 81.8 Å². The lowest BCUT2D eigenvalue weighted by Gasteiger charge is -2.32. The van der Waals surface area contributed by atoms with Crippen molar-refractivity contribution in [3.8, 4) is 16.9 Å². The molecule has 2 aliphatic heterocycles. The van der Waals surface area contributed by atoms with E-state index in [1.807, 2.05) is 53.4 Å². The zero-order chi connectivity index (χ0) is 24.4. The monoisotopic (exact) mass is 509 g/mol. The maximum Gasteiger partial charge on any atom is 0.264 e. The molecule has 0 radical (unpaired) electrons. The van der Waals surface area contributed by atoms with E-state index < -0.39 is 0 Å². The van der Waals surface area contributed by atoms with E-state index in [1.54, 1.807) is 0 Å². The Morgan fingerprint density at radius 2 is 1.63 bits per heavy atom. The van der Waals surface area contributed by atoms with Gasteiger partial charge in [-0.25, -0.2) is 0 Å². The molecule has 0 aromatic heterocycles. The van der Waals surface area contributed by atoms with Gasteiger partial charge < -0.3 is 14.5 Å². The molecule has 182 valence electrons. The highest BCUT2D eigenvalue weighted by atomic mass is 35.5. The van der Waals surface area contributed by atoms with Crippen LogP contribution in [0.25, 0.3) is 11.1 Å². The number of carbonyl (C=O) groups is 1. The fraction of sp³-hybridized carbons (Fsp3) is 0.321. The van der Waals surface area contributed by atoms with Crippen molar-refractivity contribution in [1.82, 2.24) is 9.80 Å². The molecule has 1 amide bonds. The number of fused-ring (bicyclic) bond motifs is 1. The summed E-state index contributed by atoms with van der Waals surface area (Å²) in [6.07, 6.45) is 0.884. The van der Waals surface area contributed by atoms with Gasteiger partial charge in [-0.3, -0.25) is 9.69 Å². The van der Waals surface area contributed by atoms with Crippen molar-refractivity contribution >= 4 is 34.8 Å². The van der Waals surface area contributed by atoms with Crippen LogP contribution in [0.1, 0.15) is 11.1 Å². The van der Waals surface area contributed by atoms with E-state index in [2.05, 4.69) is 29.0 Å². The molecule has 5 nitrogen and oxygen atoms in total. The molecule has 0 bridgehead atoms. The van der Waals surface area contributed by atoms with E-state index in [-0.39, 0.29) is 12.5 Å². The normalized spacial score (nSPS) is 16.4. The quantitative estimate of drug-likeness (QED) is 0.447. The van der Waals surface area contributed by atoms with Gasteiger partial charge >= 0.3 is 0 Å². The number of piperazine rings is 1. The lowest BCUT2D eigenvalue weighted by atomic mass is 10.0. The topological polar surface area (TPSA) is 36.0 Å². The van der Waals surface area contributed by atoms with Crippen molar-refractivity contribution in [3.63, 3.8) is 0 Å². The van der Waals surface area contributed by atoms with Crippen LogP contribution in [0.2, 0.25) is 10.0 Å². The van der Waals surface area contributed by atoms with Gasteiger partial charge in [0.2, 0.25) is 0 Å². The first-order valence-electron chi connectivity index (χ1n) is 12.0. The van der Waals surface area contributed by atoms with E-state index in [0.717, 1.165) is 67.3 Å². The van der Waals surface area contributed by atoms with Gasteiger partial charge in [-0.1, -0.05) is 53.5 Å². The lowest BCUT2D eigenvalue weighted by molar-refractivity contribution is -0.120. The molecular weight excluding hydrogens is 481 g/mol. The molecule has 0 spiro atoms. The number of hydrogen-bond donors (Lipinski definition) is 0. The highest BCUT2D eigenvalue weighted by Crippen LogP contribution is 2.33. The average Bonchev–Trinajstić information content (AvgIpc) is 3.30. The van der Waals surface area contributed by atoms with E-state index in [0.29, 0.717) is 16.6 Å². The summed E-state index contributed by atoms with van der Waals surface area (Å²) in [5.41, 5.74) is 5.30. The van der Waals surface area contributed by atoms with E-state index >= 15 is 0 Å². The van der Waals surface area contributed by atoms with Crippen molar-refractivity contribution in [2.24, 2.45) is 0 Å². The molecule has 35 heavy (non-hydrogen) atoms. The van der Waals surface area contributed by atoms with Crippen LogP contribution in [-0.4, -0.2) is 62.1 Å². The van der Waals surface area contributed by atoms with Crippen LogP contribution in [0.5, 0.6) is 5.75 Å².